The van der Waals surface area contributed by atoms with Crippen LogP contribution < -0.4 is 15.0 Å². The van der Waals surface area contributed by atoms with E-state index in [1.54, 1.807) is 24.3 Å². The first-order chi connectivity index (χ1) is 10.9. The van der Waals surface area contributed by atoms with E-state index in [9.17, 15) is 9.18 Å². The first-order valence-corrected chi connectivity index (χ1v) is 7.34. The van der Waals surface area contributed by atoms with Crippen LogP contribution in [0.15, 0.2) is 42.5 Å². The standard InChI is InChI=1S/C18H21FN2O2/c1-12(14-7-10-17(23-4)16(19)11-14)20-18(22)13-5-8-15(9-6-13)21(2)3/h5-12H,1-4H3,(H,20,22). The van der Waals surface area contributed by atoms with Crippen LogP contribution in [0.25, 0.3) is 0 Å². The average Bonchev–Trinajstić information content (AvgIpc) is 2.54. The van der Waals surface area contributed by atoms with Gasteiger partial charge in [0.1, 0.15) is 0 Å². The van der Waals surface area contributed by atoms with Gasteiger partial charge in [0.25, 0.3) is 5.91 Å². The number of rotatable bonds is 5. The van der Waals surface area contributed by atoms with Crippen molar-refractivity contribution >= 4 is 11.6 Å². The molecule has 0 aliphatic carbocycles. The normalized spacial score (nSPS) is 11.7. The lowest BCUT2D eigenvalue weighted by Gasteiger charge is -2.16. The maximum Gasteiger partial charge on any atom is 0.251 e. The highest BCUT2D eigenvalue weighted by atomic mass is 19.1. The summed E-state index contributed by atoms with van der Waals surface area (Å²) in [5.74, 6) is -0.452. The third kappa shape index (κ3) is 4.00. The fraction of sp³-hybridized carbons (Fsp3) is 0.278. The Bertz CT molecular complexity index is 684. The Balaban J connectivity index is 2.08. The molecule has 0 aliphatic rings. The third-order valence-corrected chi connectivity index (χ3v) is 3.67. The minimum atomic E-state index is -0.443. The Labute approximate surface area is 135 Å². The second-order valence-electron chi connectivity index (χ2n) is 5.53. The Morgan fingerprint density at radius 1 is 1.17 bits per heavy atom. The Kier molecular flexibility index (Phi) is 5.21. The largest absolute Gasteiger partial charge is 0.494 e. The van der Waals surface area contributed by atoms with Crippen LogP contribution in [0.3, 0.4) is 0 Å². The van der Waals surface area contributed by atoms with Crippen LogP contribution in [0, 0.1) is 5.82 Å². The van der Waals surface area contributed by atoms with Gasteiger partial charge in [-0.2, -0.15) is 0 Å². The fourth-order valence-electron chi connectivity index (χ4n) is 2.23. The van der Waals surface area contributed by atoms with E-state index in [2.05, 4.69) is 5.32 Å². The zero-order valence-corrected chi connectivity index (χ0v) is 13.8. The molecule has 0 aromatic heterocycles. The number of ether oxygens (including phenoxy) is 1. The summed E-state index contributed by atoms with van der Waals surface area (Å²) in [5.41, 5.74) is 2.27. The zero-order valence-electron chi connectivity index (χ0n) is 13.8. The van der Waals surface area contributed by atoms with E-state index >= 15 is 0 Å². The van der Waals surface area contributed by atoms with Gasteiger partial charge < -0.3 is 15.0 Å². The second kappa shape index (κ2) is 7.13. The molecule has 0 radical (unpaired) electrons. The molecule has 122 valence electrons. The van der Waals surface area contributed by atoms with E-state index in [-0.39, 0.29) is 17.7 Å². The van der Waals surface area contributed by atoms with Gasteiger partial charge in [0.2, 0.25) is 0 Å². The van der Waals surface area contributed by atoms with Gasteiger partial charge in [-0.05, 0) is 48.9 Å². The maximum atomic E-state index is 13.7. The highest BCUT2D eigenvalue weighted by Gasteiger charge is 2.13. The summed E-state index contributed by atoms with van der Waals surface area (Å²) < 4.78 is 18.6. The highest BCUT2D eigenvalue weighted by Crippen LogP contribution is 2.22. The minimum Gasteiger partial charge on any atom is -0.494 e. The smallest absolute Gasteiger partial charge is 0.251 e. The lowest BCUT2D eigenvalue weighted by Crippen LogP contribution is -2.26. The van der Waals surface area contributed by atoms with Gasteiger partial charge in [-0.15, -0.1) is 0 Å². The first-order valence-electron chi connectivity index (χ1n) is 7.34. The molecule has 4 nitrogen and oxygen atoms in total. The second-order valence-corrected chi connectivity index (χ2v) is 5.53. The number of nitrogens with one attached hydrogen (secondary N) is 1. The third-order valence-electron chi connectivity index (χ3n) is 3.67. The van der Waals surface area contributed by atoms with Crippen LogP contribution in [0.1, 0.15) is 28.9 Å². The molecule has 1 unspecified atom stereocenters. The van der Waals surface area contributed by atoms with E-state index in [0.29, 0.717) is 11.1 Å². The van der Waals surface area contributed by atoms with E-state index < -0.39 is 5.82 Å². The summed E-state index contributed by atoms with van der Waals surface area (Å²) in [6.07, 6.45) is 0. The van der Waals surface area contributed by atoms with Crippen molar-refractivity contribution in [3.8, 4) is 5.75 Å². The number of amides is 1. The molecule has 0 aliphatic heterocycles. The van der Waals surface area contributed by atoms with Gasteiger partial charge in [-0.25, -0.2) is 4.39 Å². The zero-order chi connectivity index (χ0) is 17.0. The number of hydrogen-bond acceptors (Lipinski definition) is 3. The molecule has 5 heteroatoms. The lowest BCUT2D eigenvalue weighted by molar-refractivity contribution is 0.0940. The molecular weight excluding hydrogens is 295 g/mol. The number of methoxy groups -OCH3 is 1. The maximum absolute atomic E-state index is 13.7. The molecule has 0 bridgehead atoms. The van der Waals surface area contributed by atoms with Gasteiger partial charge in [-0.1, -0.05) is 6.07 Å². The topological polar surface area (TPSA) is 41.6 Å². The van der Waals surface area contributed by atoms with Crippen LogP contribution in [-0.2, 0) is 0 Å². The predicted octanol–water partition coefficient (Wildman–Crippen LogP) is 3.39. The number of benzene rings is 2. The molecule has 0 spiro atoms. The van der Waals surface area contributed by atoms with Crippen LogP contribution in [0.2, 0.25) is 0 Å². The number of carbonyl (C=O) groups excluding carboxylic acids is 1. The molecule has 0 heterocycles. The molecule has 1 atom stereocenters. The molecular formula is C18H21FN2O2. The Morgan fingerprint density at radius 3 is 2.35 bits per heavy atom. The fourth-order valence-corrected chi connectivity index (χ4v) is 2.23. The Morgan fingerprint density at radius 2 is 1.83 bits per heavy atom. The van der Waals surface area contributed by atoms with Crippen molar-refractivity contribution in [2.24, 2.45) is 0 Å². The van der Waals surface area contributed by atoms with Crippen molar-refractivity contribution in [1.29, 1.82) is 0 Å². The van der Waals surface area contributed by atoms with Crippen molar-refractivity contribution in [3.63, 3.8) is 0 Å². The molecule has 2 aromatic carbocycles. The van der Waals surface area contributed by atoms with Crippen molar-refractivity contribution in [1.82, 2.24) is 5.32 Å². The SMILES string of the molecule is COc1ccc(C(C)NC(=O)c2ccc(N(C)C)cc2)cc1F. The van der Waals surface area contributed by atoms with E-state index in [4.69, 9.17) is 4.74 Å². The van der Waals surface area contributed by atoms with Crippen LogP contribution >= 0.6 is 0 Å². The number of carbonyl (C=O) groups is 1. The van der Waals surface area contributed by atoms with Crippen LogP contribution in [-0.4, -0.2) is 27.1 Å². The summed E-state index contributed by atoms with van der Waals surface area (Å²) in [6.45, 7) is 1.81. The van der Waals surface area contributed by atoms with E-state index in [1.165, 1.54) is 13.2 Å². The van der Waals surface area contributed by atoms with Crippen molar-refractivity contribution in [2.45, 2.75) is 13.0 Å². The van der Waals surface area contributed by atoms with Gasteiger partial charge in [0.15, 0.2) is 11.6 Å². The quantitative estimate of drug-likeness (QED) is 0.919. The minimum absolute atomic E-state index is 0.187. The number of anilines is 1. The highest BCUT2D eigenvalue weighted by molar-refractivity contribution is 5.94. The van der Waals surface area contributed by atoms with Gasteiger partial charge in [0.05, 0.1) is 13.2 Å². The number of halogens is 1. The van der Waals surface area contributed by atoms with Crippen molar-refractivity contribution < 1.29 is 13.9 Å². The average molecular weight is 316 g/mol. The number of hydrogen-bond donors (Lipinski definition) is 1. The van der Waals surface area contributed by atoms with Gasteiger partial charge >= 0.3 is 0 Å². The summed E-state index contributed by atoms with van der Waals surface area (Å²) in [4.78, 5) is 14.2. The molecule has 0 saturated carbocycles. The van der Waals surface area contributed by atoms with Gasteiger partial charge in [-0.3, -0.25) is 4.79 Å². The molecule has 1 N–H and O–H groups in total. The van der Waals surface area contributed by atoms with Gasteiger partial charge in [0, 0.05) is 25.3 Å². The summed E-state index contributed by atoms with van der Waals surface area (Å²) >= 11 is 0. The summed E-state index contributed by atoms with van der Waals surface area (Å²) in [7, 11) is 5.30. The van der Waals surface area contributed by atoms with Crippen LogP contribution in [0.5, 0.6) is 5.75 Å². The van der Waals surface area contributed by atoms with Crippen molar-refractivity contribution in [3.05, 3.63) is 59.4 Å². The number of nitrogens with zero attached hydrogens (tertiary/aromatic N) is 1. The predicted molar refractivity (Wildman–Crippen MR) is 89.6 cm³/mol. The summed E-state index contributed by atoms with van der Waals surface area (Å²) in [6, 6.07) is 11.7. The molecule has 23 heavy (non-hydrogen) atoms. The molecule has 2 aromatic rings. The first kappa shape index (κ1) is 16.8. The summed E-state index contributed by atoms with van der Waals surface area (Å²) in [5, 5.41) is 2.87. The molecule has 0 saturated heterocycles. The Hall–Kier alpha value is -2.56. The van der Waals surface area contributed by atoms with Crippen LogP contribution in [0.4, 0.5) is 10.1 Å². The van der Waals surface area contributed by atoms with E-state index in [1.807, 2.05) is 38.1 Å². The molecule has 0 fully saturated rings. The lowest BCUT2D eigenvalue weighted by atomic mass is 10.1. The monoisotopic (exact) mass is 316 g/mol. The molecule has 2 rings (SSSR count). The van der Waals surface area contributed by atoms with Crippen molar-refractivity contribution in [2.75, 3.05) is 26.1 Å². The van der Waals surface area contributed by atoms with E-state index in [0.717, 1.165) is 5.69 Å². The molecule has 1 amide bonds.